The fourth-order valence-electron chi connectivity index (χ4n) is 10.5. The third-order valence-corrected chi connectivity index (χ3v) is 14.4. The van der Waals surface area contributed by atoms with Gasteiger partial charge in [-0.15, -0.1) is 0 Å². The van der Waals surface area contributed by atoms with Crippen molar-refractivity contribution < 1.29 is 23.0 Å². The van der Waals surface area contributed by atoms with Crippen LogP contribution in [0.2, 0.25) is 0 Å². The molecule has 0 spiro atoms. The molecule has 12 rings (SSSR count). The lowest BCUT2D eigenvalue weighted by atomic mass is 9.63. The maximum Gasteiger partial charge on any atom is 0.269 e. The van der Waals surface area contributed by atoms with Gasteiger partial charge in [0.05, 0.1) is 47.1 Å². The second-order valence-corrected chi connectivity index (χ2v) is 21.0. The maximum absolute atomic E-state index is 9.27. The van der Waals surface area contributed by atoms with Gasteiger partial charge in [0, 0.05) is 23.0 Å². The van der Waals surface area contributed by atoms with Crippen LogP contribution in [0.3, 0.4) is 0 Å². The minimum absolute atomic E-state index is 0.0465. The van der Waals surface area contributed by atoms with Gasteiger partial charge >= 0.3 is 0 Å². The molecule has 348 valence electrons. The number of para-hydroxylation sites is 3. The molecule has 0 bridgehead atoms. The quantitative estimate of drug-likeness (QED) is 0.112. The Kier molecular flexibility index (Phi) is 8.14. The van der Waals surface area contributed by atoms with E-state index < -0.39 is 60.4 Å². The van der Waals surface area contributed by atoms with Crippen molar-refractivity contribution in [2.45, 2.75) is 77.6 Å². The van der Waals surface area contributed by atoms with Gasteiger partial charge in [0.2, 0.25) is 0 Å². The number of imidazole rings is 1. The average molecular weight is 933 g/mol. The Labute approximate surface area is 431 Å². The molecule has 3 aromatic heterocycles. The van der Waals surface area contributed by atoms with Gasteiger partial charge in [-0.25, -0.2) is 4.98 Å². The largest absolute Gasteiger partial charge is 0.458 e. The minimum Gasteiger partial charge on any atom is -0.458 e. The van der Waals surface area contributed by atoms with Crippen LogP contribution < -0.4 is 9.30 Å². The zero-order chi connectivity index (χ0) is 57.4. The van der Waals surface area contributed by atoms with Crippen LogP contribution in [-0.2, 0) is 16.2 Å². The number of hydrogen-bond donors (Lipinski definition) is 0. The van der Waals surface area contributed by atoms with E-state index in [4.69, 9.17) is 17.9 Å². The zero-order valence-corrected chi connectivity index (χ0v) is 40.9. The molecule has 8 aromatic carbocycles. The summed E-state index contributed by atoms with van der Waals surface area (Å²) in [5, 5.41) is 2.12. The molecule has 0 unspecified atom stereocenters. The Balaban J connectivity index is 1.11. The first-order valence-corrected chi connectivity index (χ1v) is 24.2. The van der Waals surface area contributed by atoms with Crippen molar-refractivity contribution in [1.82, 2.24) is 14.1 Å². The molecule has 0 atom stereocenters. The van der Waals surface area contributed by atoms with Crippen molar-refractivity contribution in [3.8, 4) is 62.1 Å². The van der Waals surface area contributed by atoms with E-state index in [2.05, 4.69) is 114 Å². The first-order valence-electron chi connectivity index (χ1n) is 29.2. The third kappa shape index (κ3) is 7.72. The number of hydrogen-bond acceptors (Lipinski definition) is 2. The summed E-state index contributed by atoms with van der Waals surface area (Å²) in [5.41, 5.74) is 9.24. The maximum atomic E-state index is 9.27. The number of benzene rings is 8. The highest BCUT2D eigenvalue weighted by atomic mass is 16.5. The van der Waals surface area contributed by atoms with Crippen molar-refractivity contribution in [3.63, 3.8) is 0 Å². The fourth-order valence-corrected chi connectivity index (χ4v) is 10.5. The second kappa shape index (κ2) is 16.8. The van der Waals surface area contributed by atoms with Crippen molar-refractivity contribution in [2.75, 3.05) is 0 Å². The first kappa shape index (κ1) is 34.3. The average Bonchev–Trinajstić information content (AvgIpc) is 3.75. The summed E-state index contributed by atoms with van der Waals surface area (Å²) in [6.07, 6.45) is 7.54. The Bertz CT molecular complexity index is 4310. The molecule has 0 saturated carbocycles. The van der Waals surface area contributed by atoms with E-state index >= 15 is 0 Å². The lowest BCUT2D eigenvalue weighted by Gasteiger charge is -2.42. The van der Waals surface area contributed by atoms with E-state index in [1.54, 1.807) is 22.8 Å². The molecule has 1 aliphatic carbocycles. The summed E-state index contributed by atoms with van der Waals surface area (Å²) in [5.74, 6) is 1.89. The van der Waals surface area contributed by atoms with Crippen molar-refractivity contribution in [1.29, 1.82) is 0 Å². The highest BCUT2D eigenvalue weighted by Gasteiger charge is 2.37. The topological polar surface area (TPSA) is 35.9 Å². The molecule has 71 heavy (non-hydrogen) atoms. The number of rotatable bonds is 8. The monoisotopic (exact) mass is 933 g/mol. The van der Waals surface area contributed by atoms with Gasteiger partial charge in [0.25, 0.3) is 6.33 Å². The molecule has 0 N–H and O–H groups in total. The van der Waals surface area contributed by atoms with Crippen LogP contribution in [0.1, 0.15) is 91.7 Å². The van der Waals surface area contributed by atoms with Crippen molar-refractivity contribution >= 4 is 32.8 Å². The normalized spacial score (nSPS) is 16.2. The van der Waals surface area contributed by atoms with Gasteiger partial charge < -0.3 is 4.74 Å². The van der Waals surface area contributed by atoms with Gasteiger partial charge in [-0.1, -0.05) is 188 Å². The predicted molar refractivity (Wildman–Crippen MR) is 293 cm³/mol. The van der Waals surface area contributed by atoms with Gasteiger partial charge in [0.1, 0.15) is 17.3 Å². The summed E-state index contributed by atoms with van der Waals surface area (Å²) in [7, 11) is 0. The van der Waals surface area contributed by atoms with Gasteiger partial charge in [0.15, 0.2) is 0 Å². The molecule has 1 aliphatic rings. The number of aromatic nitrogens is 4. The first-order chi connectivity index (χ1) is 38.5. The summed E-state index contributed by atoms with van der Waals surface area (Å²) in [6.45, 7) is 15.7. The van der Waals surface area contributed by atoms with E-state index in [0.29, 0.717) is 28.2 Å². The van der Waals surface area contributed by atoms with Crippen LogP contribution in [0.15, 0.2) is 200 Å². The molecule has 11 aromatic rings. The molecule has 0 saturated heterocycles. The van der Waals surface area contributed by atoms with E-state index in [1.807, 2.05) is 71.4 Å². The van der Waals surface area contributed by atoms with E-state index in [1.165, 1.54) is 11.1 Å². The molecular weight excluding hydrogens is 865 g/mol. The van der Waals surface area contributed by atoms with Gasteiger partial charge in [-0.2, -0.15) is 0 Å². The number of nitrogens with zero attached hydrogens (tertiary/aromatic N) is 4. The van der Waals surface area contributed by atoms with Crippen molar-refractivity contribution in [2.24, 2.45) is 0 Å². The second-order valence-electron chi connectivity index (χ2n) is 21.0. The van der Waals surface area contributed by atoms with Crippen LogP contribution in [0.25, 0.3) is 83.4 Å². The fraction of sp³-hybridized carbons (Fsp3) is 0.182. The summed E-state index contributed by atoms with van der Waals surface area (Å²) >= 11 is 0. The lowest BCUT2D eigenvalue weighted by molar-refractivity contribution is -0.571. The highest BCUT2D eigenvalue weighted by molar-refractivity contribution is 6.09. The Hall–Kier alpha value is -8.02. The molecule has 3 heterocycles. The van der Waals surface area contributed by atoms with Crippen LogP contribution in [0.4, 0.5) is 0 Å². The summed E-state index contributed by atoms with van der Waals surface area (Å²) in [4.78, 5) is 4.88. The molecule has 5 heteroatoms. The zero-order valence-electron chi connectivity index (χ0n) is 50.9. The summed E-state index contributed by atoms with van der Waals surface area (Å²) < 4.78 is 102. The van der Waals surface area contributed by atoms with E-state index in [0.717, 1.165) is 57.2 Å². The van der Waals surface area contributed by atoms with Crippen LogP contribution in [0.5, 0.6) is 11.5 Å². The number of fused-ring (bicyclic) bond motifs is 5. The predicted octanol–water partition coefficient (Wildman–Crippen LogP) is 16.6. The van der Waals surface area contributed by atoms with E-state index in [-0.39, 0.29) is 44.2 Å². The van der Waals surface area contributed by atoms with Gasteiger partial charge in [-0.3, -0.25) is 13.7 Å². The standard InChI is InChI=1S/C66H58N4O/c1-64(2,3)47-35-38-67-61(40-47)70-58-29-15-14-25-54(58)55-33-32-50(42-60(55)70)71-49-24-16-23-48(41-49)68-43-69(62-51(44-19-10-8-11-20-44)26-17-27-52(62)45-21-12-9-13-22-45)59-30-18-28-53(63(59)68)46-31-34-56-57(39-46)66(6,7)37-36-65(56,4)5/h8-35,38-42H,36-37H2,1-7H3/i8D,9D,10D,11D,12D,13D,19D,20D,21D,22D. The summed E-state index contributed by atoms with van der Waals surface area (Å²) in [6, 6.07) is 38.4. The SMILES string of the molecule is [2H]c1c([2H])c([2H])c(-c2cccc(-c3c([2H])c([2H])c([2H])c([2H])c3[2H])c2-[n+]2[c-]n(-c3cccc(Oc4ccc5c6ccccc6n(-c6cc(C(C)(C)C)ccn6)c5c4)c3)c3c(-c4ccc5c(c4)C(C)(C)CCC5(C)C)cccc32)c([2H])c1[2H]. The van der Waals surface area contributed by atoms with Crippen LogP contribution in [-0.4, -0.2) is 14.1 Å². The van der Waals surface area contributed by atoms with Crippen LogP contribution >= 0.6 is 0 Å². The Morgan fingerprint density at radius 1 is 0.592 bits per heavy atom. The highest BCUT2D eigenvalue weighted by Crippen LogP contribution is 2.48. The van der Waals surface area contributed by atoms with Crippen LogP contribution in [0, 0.1) is 6.33 Å². The smallest absolute Gasteiger partial charge is 0.269 e. The number of pyridine rings is 1. The minimum atomic E-state index is -0.568. The Morgan fingerprint density at radius 3 is 1.97 bits per heavy atom. The lowest BCUT2D eigenvalue weighted by Crippen LogP contribution is -2.33. The molecular formula is C66H58N4O. The molecule has 0 radical (unpaired) electrons. The Morgan fingerprint density at radius 2 is 1.24 bits per heavy atom. The van der Waals surface area contributed by atoms with E-state index in [9.17, 15) is 5.48 Å². The third-order valence-electron chi connectivity index (χ3n) is 14.4. The molecule has 0 aliphatic heterocycles. The van der Waals surface area contributed by atoms with Gasteiger partial charge in [-0.05, 0) is 128 Å². The molecule has 0 fully saturated rings. The van der Waals surface area contributed by atoms with Crippen molar-refractivity contribution in [3.05, 3.63) is 223 Å². The molecule has 5 nitrogen and oxygen atoms in total. The number of ether oxygens (including phenoxy) is 1. The molecule has 0 amide bonds.